The van der Waals surface area contributed by atoms with Crippen molar-refractivity contribution in [1.82, 2.24) is 5.32 Å². The molecule has 0 aromatic carbocycles. The first kappa shape index (κ1) is 14.9. The third-order valence-electron chi connectivity index (χ3n) is 2.52. The van der Waals surface area contributed by atoms with Crippen molar-refractivity contribution in [1.29, 1.82) is 0 Å². The van der Waals surface area contributed by atoms with Crippen molar-refractivity contribution in [3.05, 3.63) is 0 Å². The minimum absolute atomic E-state index is 0.0915. The zero-order valence-electron chi connectivity index (χ0n) is 10.5. The lowest BCUT2D eigenvalue weighted by molar-refractivity contribution is -0.143. The van der Waals surface area contributed by atoms with E-state index < -0.39 is 0 Å². The van der Waals surface area contributed by atoms with Gasteiger partial charge in [-0.3, -0.25) is 9.59 Å². The molecule has 1 amide bonds. The van der Waals surface area contributed by atoms with Gasteiger partial charge in [-0.25, -0.2) is 0 Å². The molecule has 0 aromatic heterocycles. The van der Waals surface area contributed by atoms with Gasteiger partial charge in [0, 0.05) is 18.9 Å². The van der Waals surface area contributed by atoms with E-state index in [1.54, 1.807) is 6.92 Å². The molecule has 0 aliphatic carbocycles. The number of carbonyl (C=O) groups excluding carboxylic acids is 2. The molecule has 0 saturated heterocycles. The Balaban J connectivity index is 3.58. The van der Waals surface area contributed by atoms with E-state index in [2.05, 4.69) is 5.32 Å². The van der Waals surface area contributed by atoms with E-state index in [1.165, 1.54) is 0 Å². The van der Waals surface area contributed by atoms with Crippen molar-refractivity contribution in [3.63, 3.8) is 0 Å². The normalized spacial score (nSPS) is 10.2. The van der Waals surface area contributed by atoms with Crippen LogP contribution in [0, 0.1) is 5.92 Å². The van der Waals surface area contributed by atoms with E-state index in [1.807, 2.05) is 13.8 Å². The summed E-state index contributed by atoms with van der Waals surface area (Å²) in [5.41, 5.74) is 0. The number of amides is 1. The number of esters is 1. The maximum Gasteiger partial charge on any atom is 0.305 e. The fourth-order valence-electron chi connectivity index (χ4n) is 1.48. The van der Waals surface area contributed by atoms with Crippen LogP contribution in [0.2, 0.25) is 0 Å². The van der Waals surface area contributed by atoms with E-state index >= 15 is 0 Å². The summed E-state index contributed by atoms with van der Waals surface area (Å²) < 4.78 is 4.79. The van der Waals surface area contributed by atoms with Gasteiger partial charge in [-0.2, -0.15) is 0 Å². The lowest BCUT2D eigenvalue weighted by Gasteiger charge is -2.12. The summed E-state index contributed by atoms with van der Waals surface area (Å²) in [6, 6.07) is 0. The molecule has 0 bridgehead atoms. The number of nitrogens with one attached hydrogen (secondary N) is 1. The highest BCUT2D eigenvalue weighted by atomic mass is 16.5. The van der Waals surface area contributed by atoms with E-state index in [4.69, 9.17) is 4.74 Å². The first-order valence-corrected chi connectivity index (χ1v) is 6.08. The van der Waals surface area contributed by atoms with E-state index in [-0.39, 0.29) is 17.8 Å². The zero-order chi connectivity index (χ0) is 12.4. The highest BCUT2D eigenvalue weighted by Crippen LogP contribution is 2.06. The second kappa shape index (κ2) is 9.19. The van der Waals surface area contributed by atoms with Crippen LogP contribution in [0.1, 0.15) is 46.5 Å². The maximum absolute atomic E-state index is 11.5. The molecule has 0 unspecified atom stereocenters. The van der Waals surface area contributed by atoms with Gasteiger partial charge in [-0.15, -0.1) is 0 Å². The first-order chi connectivity index (χ1) is 7.65. The van der Waals surface area contributed by atoms with Crippen molar-refractivity contribution in [2.24, 2.45) is 5.92 Å². The van der Waals surface area contributed by atoms with Crippen LogP contribution in [0.5, 0.6) is 0 Å². The van der Waals surface area contributed by atoms with Gasteiger partial charge < -0.3 is 10.1 Å². The quantitative estimate of drug-likeness (QED) is 0.510. The summed E-state index contributed by atoms with van der Waals surface area (Å²) in [5.74, 6) is -0.00395. The number of carbonyl (C=O) groups is 2. The molecule has 0 saturated carbocycles. The molecule has 0 aromatic rings. The Bertz CT molecular complexity index is 212. The fourth-order valence-corrected chi connectivity index (χ4v) is 1.48. The van der Waals surface area contributed by atoms with Crippen LogP contribution in [0.4, 0.5) is 0 Å². The minimum atomic E-state index is -0.195. The van der Waals surface area contributed by atoms with Crippen molar-refractivity contribution in [2.75, 3.05) is 13.2 Å². The summed E-state index contributed by atoms with van der Waals surface area (Å²) in [6.07, 6.45) is 2.74. The Hall–Kier alpha value is -1.06. The molecular formula is C12H23NO3. The molecule has 0 spiro atoms. The zero-order valence-corrected chi connectivity index (χ0v) is 10.5. The van der Waals surface area contributed by atoms with Crippen LogP contribution in [0.15, 0.2) is 0 Å². The molecule has 0 atom stereocenters. The summed E-state index contributed by atoms with van der Waals surface area (Å²) >= 11 is 0. The highest BCUT2D eigenvalue weighted by molar-refractivity contribution is 5.78. The first-order valence-electron chi connectivity index (χ1n) is 6.08. The number of ether oxygens (including phenoxy) is 1. The lowest BCUT2D eigenvalue weighted by atomic mass is 10.0. The van der Waals surface area contributed by atoms with Gasteiger partial charge in [0.2, 0.25) is 5.91 Å². The Morgan fingerprint density at radius 1 is 1.19 bits per heavy atom. The minimum Gasteiger partial charge on any atom is -0.466 e. The molecule has 0 heterocycles. The second-order valence-corrected chi connectivity index (χ2v) is 3.71. The van der Waals surface area contributed by atoms with Crippen LogP contribution >= 0.6 is 0 Å². The summed E-state index contributed by atoms with van der Waals surface area (Å²) in [6.45, 7) is 6.76. The molecule has 4 nitrogen and oxygen atoms in total. The Morgan fingerprint density at radius 2 is 1.81 bits per heavy atom. The molecule has 1 N–H and O–H groups in total. The van der Waals surface area contributed by atoms with Crippen LogP contribution in [0.3, 0.4) is 0 Å². The van der Waals surface area contributed by atoms with Crippen LogP contribution in [-0.2, 0) is 14.3 Å². The lowest BCUT2D eigenvalue weighted by Crippen LogP contribution is -2.31. The van der Waals surface area contributed by atoms with Gasteiger partial charge in [0.1, 0.15) is 0 Å². The Morgan fingerprint density at radius 3 is 2.31 bits per heavy atom. The maximum atomic E-state index is 11.5. The van der Waals surface area contributed by atoms with Crippen LogP contribution < -0.4 is 5.32 Å². The molecule has 94 valence electrons. The number of rotatable bonds is 8. The predicted octanol–water partition coefficient (Wildman–Crippen LogP) is 1.88. The molecule has 16 heavy (non-hydrogen) atoms. The van der Waals surface area contributed by atoms with Crippen molar-refractivity contribution < 1.29 is 14.3 Å². The van der Waals surface area contributed by atoms with Crippen molar-refractivity contribution in [2.45, 2.75) is 46.5 Å². The van der Waals surface area contributed by atoms with Crippen molar-refractivity contribution in [3.8, 4) is 0 Å². The SMILES string of the molecule is CCOC(=O)CCCNC(=O)C(CC)CC. The highest BCUT2D eigenvalue weighted by Gasteiger charge is 2.13. The molecule has 4 heteroatoms. The average molecular weight is 229 g/mol. The van der Waals surface area contributed by atoms with E-state index in [9.17, 15) is 9.59 Å². The molecule has 0 rings (SSSR count). The summed E-state index contributed by atoms with van der Waals surface area (Å²) in [5, 5.41) is 2.84. The largest absolute Gasteiger partial charge is 0.466 e. The number of hydrogen-bond acceptors (Lipinski definition) is 3. The van der Waals surface area contributed by atoms with Gasteiger partial charge in [0.05, 0.1) is 6.61 Å². The van der Waals surface area contributed by atoms with Gasteiger partial charge in [-0.1, -0.05) is 13.8 Å². The number of hydrogen-bond donors (Lipinski definition) is 1. The Kier molecular flexibility index (Phi) is 8.58. The van der Waals surface area contributed by atoms with Gasteiger partial charge in [0.25, 0.3) is 0 Å². The van der Waals surface area contributed by atoms with Gasteiger partial charge >= 0.3 is 5.97 Å². The standard InChI is InChI=1S/C12H23NO3/c1-4-10(5-2)12(15)13-9-7-8-11(14)16-6-3/h10H,4-9H2,1-3H3,(H,13,15). The third-order valence-corrected chi connectivity index (χ3v) is 2.52. The van der Waals surface area contributed by atoms with Crippen LogP contribution in [0.25, 0.3) is 0 Å². The van der Waals surface area contributed by atoms with Crippen LogP contribution in [-0.4, -0.2) is 25.0 Å². The molecule has 0 radical (unpaired) electrons. The van der Waals surface area contributed by atoms with Gasteiger partial charge in [0.15, 0.2) is 0 Å². The smallest absolute Gasteiger partial charge is 0.305 e. The Labute approximate surface area is 97.7 Å². The third kappa shape index (κ3) is 6.43. The summed E-state index contributed by atoms with van der Waals surface area (Å²) in [4.78, 5) is 22.5. The summed E-state index contributed by atoms with van der Waals surface area (Å²) in [7, 11) is 0. The molecular weight excluding hydrogens is 206 g/mol. The predicted molar refractivity (Wildman–Crippen MR) is 62.9 cm³/mol. The molecule has 0 aliphatic heterocycles. The monoisotopic (exact) mass is 229 g/mol. The molecule has 0 aliphatic rings. The topological polar surface area (TPSA) is 55.4 Å². The second-order valence-electron chi connectivity index (χ2n) is 3.71. The average Bonchev–Trinajstić information content (AvgIpc) is 2.26. The van der Waals surface area contributed by atoms with Crippen molar-refractivity contribution >= 4 is 11.9 Å². The fraction of sp³-hybridized carbons (Fsp3) is 0.833. The molecule has 0 fully saturated rings. The van der Waals surface area contributed by atoms with E-state index in [0.29, 0.717) is 26.0 Å². The van der Waals surface area contributed by atoms with E-state index in [0.717, 1.165) is 12.8 Å². The van der Waals surface area contributed by atoms with Gasteiger partial charge in [-0.05, 0) is 26.2 Å².